The molecule has 4 heteroatoms. The summed E-state index contributed by atoms with van der Waals surface area (Å²) in [6.45, 7) is 4.93. The Hall–Kier alpha value is -0.350. The van der Waals surface area contributed by atoms with Crippen LogP contribution in [0.1, 0.15) is 6.42 Å². The molecule has 0 amide bonds. The number of rotatable bonds is 5. The Morgan fingerprint density at radius 3 is 2.82 bits per heavy atom. The number of carbonyl (C=O) groups is 1. The molecule has 0 saturated heterocycles. The van der Waals surface area contributed by atoms with E-state index in [9.17, 15) is 4.79 Å². The van der Waals surface area contributed by atoms with Gasteiger partial charge in [0.15, 0.2) is 0 Å². The van der Waals surface area contributed by atoms with Crippen molar-refractivity contribution in [1.82, 2.24) is 5.32 Å². The predicted molar refractivity (Wildman–Crippen MR) is 47.6 cm³/mol. The van der Waals surface area contributed by atoms with Crippen LogP contribution in [0.2, 0.25) is 0 Å². The molecule has 0 fully saturated rings. The van der Waals surface area contributed by atoms with Crippen molar-refractivity contribution < 1.29 is 9.53 Å². The topological polar surface area (TPSA) is 38.3 Å². The zero-order valence-corrected chi connectivity index (χ0v) is 8.11. The van der Waals surface area contributed by atoms with Gasteiger partial charge < -0.3 is 10.1 Å². The molecule has 0 bridgehead atoms. The molecule has 0 heterocycles. The summed E-state index contributed by atoms with van der Waals surface area (Å²) in [4.78, 5) is 10.6. The van der Waals surface area contributed by atoms with E-state index in [-0.39, 0.29) is 5.97 Å². The summed E-state index contributed by atoms with van der Waals surface area (Å²) in [5.74, 6) is -0.197. The van der Waals surface area contributed by atoms with Crippen molar-refractivity contribution in [3.63, 3.8) is 0 Å². The molecule has 0 spiro atoms. The second-order valence-electron chi connectivity index (χ2n) is 2.02. The second kappa shape index (κ2) is 6.37. The molecule has 3 nitrogen and oxygen atoms in total. The second-order valence-corrected chi connectivity index (χ2v) is 3.14. The van der Waals surface area contributed by atoms with Gasteiger partial charge in [-0.1, -0.05) is 22.5 Å². The molecule has 0 atom stereocenters. The molecule has 0 aromatic rings. The molecule has 0 unspecified atom stereocenters. The van der Waals surface area contributed by atoms with E-state index in [1.54, 1.807) is 0 Å². The molecule has 0 aliphatic heterocycles. The smallest absolute Gasteiger partial charge is 0.306 e. The summed E-state index contributed by atoms with van der Waals surface area (Å²) in [7, 11) is 1.38. The Morgan fingerprint density at radius 1 is 1.73 bits per heavy atom. The van der Waals surface area contributed by atoms with E-state index in [4.69, 9.17) is 0 Å². The van der Waals surface area contributed by atoms with Gasteiger partial charge in [0, 0.05) is 17.6 Å². The normalized spacial score (nSPS) is 9.27. The molecular formula is C7H12BrNO2. The van der Waals surface area contributed by atoms with E-state index in [2.05, 4.69) is 32.6 Å². The van der Waals surface area contributed by atoms with Gasteiger partial charge in [-0.05, 0) is 0 Å². The van der Waals surface area contributed by atoms with Crippen LogP contribution in [-0.4, -0.2) is 26.2 Å². The van der Waals surface area contributed by atoms with Gasteiger partial charge in [0.1, 0.15) is 0 Å². The Morgan fingerprint density at radius 2 is 2.36 bits per heavy atom. The molecule has 64 valence electrons. The van der Waals surface area contributed by atoms with Crippen LogP contribution in [0.5, 0.6) is 0 Å². The number of carbonyl (C=O) groups excluding carboxylic acids is 1. The number of nitrogens with one attached hydrogen (secondary N) is 1. The van der Waals surface area contributed by atoms with Crippen LogP contribution in [0.15, 0.2) is 11.1 Å². The number of methoxy groups -OCH3 is 1. The fourth-order valence-corrected chi connectivity index (χ4v) is 0.715. The summed E-state index contributed by atoms with van der Waals surface area (Å²) >= 11 is 3.19. The van der Waals surface area contributed by atoms with Crippen molar-refractivity contribution in [1.29, 1.82) is 0 Å². The Kier molecular flexibility index (Phi) is 6.16. The van der Waals surface area contributed by atoms with Crippen molar-refractivity contribution in [3.8, 4) is 0 Å². The number of ether oxygens (including phenoxy) is 1. The third kappa shape index (κ3) is 7.55. The molecule has 0 radical (unpaired) electrons. The van der Waals surface area contributed by atoms with Gasteiger partial charge in [0.25, 0.3) is 0 Å². The van der Waals surface area contributed by atoms with Crippen LogP contribution in [-0.2, 0) is 9.53 Å². The minimum atomic E-state index is -0.197. The quantitative estimate of drug-likeness (QED) is 0.558. The first-order chi connectivity index (χ1) is 5.16. The lowest BCUT2D eigenvalue weighted by molar-refractivity contribution is -0.140. The van der Waals surface area contributed by atoms with Crippen LogP contribution >= 0.6 is 15.9 Å². The third-order valence-electron chi connectivity index (χ3n) is 1.05. The minimum absolute atomic E-state index is 0.197. The highest BCUT2D eigenvalue weighted by Gasteiger charge is 1.97. The fraction of sp³-hybridized carbons (Fsp3) is 0.571. The van der Waals surface area contributed by atoms with Crippen molar-refractivity contribution in [3.05, 3.63) is 11.1 Å². The average molecular weight is 222 g/mol. The molecule has 0 aliphatic rings. The standard InChI is InChI=1S/C7H12BrNO2/c1-6(8)5-9-4-3-7(10)11-2/h9H,1,3-5H2,2H3. The van der Waals surface area contributed by atoms with Gasteiger partial charge in [-0.25, -0.2) is 0 Å². The fourth-order valence-electron chi connectivity index (χ4n) is 0.517. The largest absolute Gasteiger partial charge is 0.469 e. The number of halogens is 1. The lowest BCUT2D eigenvalue weighted by atomic mass is 10.4. The Bertz CT molecular complexity index is 147. The van der Waals surface area contributed by atoms with Gasteiger partial charge in [-0.2, -0.15) is 0 Å². The van der Waals surface area contributed by atoms with E-state index in [0.29, 0.717) is 19.5 Å². The predicted octanol–water partition coefficient (Wildman–Crippen LogP) is 1.05. The van der Waals surface area contributed by atoms with E-state index in [1.165, 1.54) is 7.11 Å². The SMILES string of the molecule is C=C(Br)CNCCC(=O)OC. The van der Waals surface area contributed by atoms with Crippen LogP contribution in [0.3, 0.4) is 0 Å². The lowest BCUT2D eigenvalue weighted by Gasteiger charge is -2.01. The summed E-state index contributed by atoms with van der Waals surface area (Å²) in [6, 6.07) is 0. The first-order valence-corrected chi connectivity index (χ1v) is 4.07. The third-order valence-corrected chi connectivity index (χ3v) is 1.33. The highest BCUT2D eigenvalue weighted by Crippen LogP contribution is 1.96. The van der Waals surface area contributed by atoms with E-state index >= 15 is 0 Å². The number of hydrogen-bond acceptors (Lipinski definition) is 3. The van der Waals surface area contributed by atoms with Gasteiger partial charge in [0.2, 0.25) is 0 Å². The van der Waals surface area contributed by atoms with Gasteiger partial charge in [-0.3, -0.25) is 4.79 Å². The van der Waals surface area contributed by atoms with Gasteiger partial charge in [-0.15, -0.1) is 0 Å². The zero-order valence-electron chi connectivity index (χ0n) is 6.52. The van der Waals surface area contributed by atoms with Gasteiger partial charge in [0.05, 0.1) is 13.5 Å². The zero-order chi connectivity index (χ0) is 8.69. The lowest BCUT2D eigenvalue weighted by Crippen LogP contribution is -2.19. The van der Waals surface area contributed by atoms with E-state index < -0.39 is 0 Å². The monoisotopic (exact) mass is 221 g/mol. The van der Waals surface area contributed by atoms with Crippen molar-refractivity contribution >= 4 is 21.9 Å². The van der Waals surface area contributed by atoms with Crippen molar-refractivity contribution in [2.24, 2.45) is 0 Å². The van der Waals surface area contributed by atoms with E-state index in [0.717, 1.165) is 4.48 Å². The molecule has 0 aromatic heterocycles. The Balaban J connectivity index is 3.14. The highest BCUT2D eigenvalue weighted by atomic mass is 79.9. The molecule has 1 N–H and O–H groups in total. The van der Waals surface area contributed by atoms with Crippen LogP contribution < -0.4 is 5.32 Å². The van der Waals surface area contributed by atoms with Crippen molar-refractivity contribution in [2.45, 2.75) is 6.42 Å². The average Bonchev–Trinajstić information content (AvgIpc) is 1.97. The maximum absolute atomic E-state index is 10.6. The maximum Gasteiger partial charge on any atom is 0.306 e. The summed E-state index contributed by atoms with van der Waals surface area (Å²) < 4.78 is 5.32. The molecule has 0 aromatic carbocycles. The summed E-state index contributed by atoms with van der Waals surface area (Å²) in [5.41, 5.74) is 0. The first-order valence-electron chi connectivity index (χ1n) is 3.27. The number of esters is 1. The molecule has 0 rings (SSSR count). The molecule has 0 aliphatic carbocycles. The van der Waals surface area contributed by atoms with Crippen LogP contribution in [0.25, 0.3) is 0 Å². The molecular weight excluding hydrogens is 210 g/mol. The number of hydrogen-bond donors (Lipinski definition) is 1. The van der Waals surface area contributed by atoms with Crippen LogP contribution in [0.4, 0.5) is 0 Å². The summed E-state index contributed by atoms with van der Waals surface area (Å²) in [6.07, 6.45) is 0.400. The molecule has 0 saturated carbocycles. The highest BCUT2D eigenvalue weighted by molar-refractivity contribution is 9.11. The van der Waals surface area contributed by atoms with Crippen molar-refractivity contribution in [2.75, 3.05) is 20.2 Å². The Labute approximate surface area is 74.9 Å². The maximum atomic E-state index is 10.6. The first kappa shape index (κ1) is 10.7. The minimum Gasteiger partial charge on any atom is -0.469 e. The van der Waals surface area contributed by atoms with Gasteiger partial charge >= 0.3 is 5.97 Å². The molecule has 11 heavy (non-hydrogen) atoms. The van der Waals surface area contributed by atoms with E-state index in [1.807, 2.05) is 0 Å². The summed E-state index contributed by atoms with van der Waals surface area (Å²) in [5, 5.41) is 3.00. The van der Waals surface area contributed by atoms with Crippen LogP contribution in [0, 0.1) is 0 Å².